The van der Waals surface area contributed by atoms with Crippen molar-refractivity contribution in [3.05, 3.63) is 64.5 Å². The number of aromatic nitrogens is 2. The largest absolute Gasteiger partial charge is 0.419 e. The second kappa shape index (κ2) is 8.62. The first-order valence-corrected chi connectivity index (χ1v) is 11.1. The summed E-state index contributed by atoms with van der Waals surface area (Å²) in [6.45, 7) is 7.67. The van der Waals surface area contributed by atoms with Crippen LogP contribution in [0.1, 0.15) is 49.3 Å². The number of amides is 1. The molecule has 1 atom stereocenters. The van der Waals surface area contributed by atoms with Crippen LogP contribution in [-0.2, 0) is 18.0 Å². The molecule has 11 heteroatoms. The second-order valence-corrected chi connectivity index (χ2v) is 9.42. The van der Waals surface area contributed by atoms with Gasteiger partial charge in [0.25, 0.3) is 5.91 Å². The van der Waals surface area contributed by atoms with Crippen LogP contribution in [0, 0.1) is 12.7 Å². The van der Waals surface area contributed by atoms with E-state index in [1.807, 2.05) is 32.4 Å². The lowest BCUT2D eigenvalue weighted by Gasteiger charge is -2.24. The minimum Gasteiger partial charge on any atom is -0.351 e. The molecule has 2 aliphatic rings. The van der Waals surface area contributed by atoms with E-state index in [1.165, 1.54) is 6.07 Å². The number of halogens is 4. The Morgan fingerprint density at radius 3 is 2.63 bits per heavy atom. The number of rotatable bonds is 5. The number of carbonyl (C=O) groups excluding carboxylic acids is 1. The number of alkyl halides is 3. The summed E-state index contributed by atoms with van der Waals surface area (Å²) in [6, 6.07) is 3.16. The van der Waals surface area contributed by atoms with Gasteiger partial charge in [0, 0.05) is 19.5 Å². The van der Waals surface area contributed by atoms with E-state index in [-0.39, 0.29) is 17.7 Å². The monoisotopic (exact) mass is 490 g/mol. The van der Waals surface area contributed by atoms with Crippen LogP contribution in [0.5, 0.6) is 0 Å². The Bertz CT molecular complexity index is 1270. The average Bonchev–Trinajstić information content (AvgIpc) is 3.27. The van der Waals surface area contributed by atoms with Crippen LogP contribution in [0.15, 0.2) is 46.1 Å². The Morgan fingerprint density at radius 2 is 2.00 bits per heavy atom. The lowest BCUT2D eigenvalue weighted by molar-refractivity contribution is -0.140. The number of imidazole rings is 1. The van der Waals surface area contributed by atoms with Crippen molar-refractivity contribution in [1.29, 1.82) is 0 Å². The molecule has 3 heterocycles. The first-order valence-electron chi connectivity index (χ1n) is 11.1. The number of hydrogen-bond acceptors (Lipinski definition) is 5. The smallest absolute Gasteiger partial charge is 0.351 e. The number of amidine groups is 1. The molecule has 2 aliphatic heterocycles. The third kappa shape index (κ3) is 4.71. The maximum absolute atomic E-state index is 14.5. The predicted molar refractivity (Wildman–Crippen MR) is 124 cm³/mol. The van der Waals surface area contributed by atoms with Gasteiger partial charge in [0.1, 0.15) is 17.4 Å². The van der Waals surface area contributed by atoms with Crippen LogP contribution in [0.4, 0.5) is 17.6 Å². The Balaban J connectivity index is 1.59. The van der Waals surface area contributed by atoms with Crippen molar-refractivity contribution in [2.45, 2.75) is 45.3 Å². The van der Waals surface area contributed by atoms with E-state index in [2.05, 4.69) is 20.4 Å². The minimum atomic E-state index is -4.80. The van der Waals surface area contributed by atoms with Crippen LogP contribution < -0.4 is 5.32 Å². The Hall–Kier alpha value is -3.50. The van der Waals surface area contributed by atoms with E-state index in [0.29, 0.717) is 24.2 Å². The van der Waals surface area contributed by atoms with Gasteiger partial charge < -0.3 is 9.88 Å². The first-order chi connectivity index (χ1) is 16.3. The fourth-order valence-corrected chi connectivity index (χ4v) is 4.10. The molecule has 0 unspecified atom stereocenters. The molecule has 2 aromatic rings. The van der Waals surface area contributed by atoms with Gasteiger partial charge in [-0.05, 0) is 38.5 Å². The van der Waals surface area contributed by atoms with Gasteiger partial charge in [-0.25, -0.2) is 14.4 Å². The molecule has 35 heavy (non-hydrogen) atoms. The summed E-state index contributed by atoms with van der Waals surface area (Å²) in [7, 11) is 1.84. The highest BCUT2D eigenvalue weighted by Gasteiger charge is 2.38. The van der Waals surface area contributed by atoms with Gasteiger partial charge in [0.2, 0.25) is 0 Å². The molecule has 0 fully saturated rings. The van der Waals surface area contributed by atoms with Crippen molar-refractivity contribution in [1.82, 2.24) is 19.9 Å². The van der Waals surface area contributed by atoms with Crippen LogP contribution in [-0.4, -0.2) is 50.6 Å². The maximum Gasteiger partial charge on any atom is 0.419 e. The highest BCUT2D eigenvalue weighted by atomic mass is 19.4. The van der Waals surface area contributed by atoms with Gasteiger partial charge in [-0.15, -0.1) is 0 Å². The van der Waals surface area contributed by atoms with Gasteiger partial charge in [0.15, 0.2) is 5.84 Å². The van der Waals surface area contributed by atoms with E-state index in [0.717, 1.165) is 17.6 Å². The van der Waals surface area contributed by atoms with Crippen LogP contribution in [0.2, 0.25) is 0 Å². The maximum atomic E-state index is 14.5. The number of nitrogens with one attached hydrogen (secondary N) is 1. The number of aliphatic imine (C=N–C) groups is 1. The molecule has 186 valence electrons. The van der Waals surface area contributed by atoms with Crippen LogP contribution in [0.25, 0.3) is 0 Å². The normalized spacial score (nSPS) is 18.0. The van der Waals surface area contributed by atoms with Gasteiger partial charge in [-0.3, -0.25) is 9.79 Å². The van der Waals surface area contributed by atoms with Crippen molar-refractivity contribution in [2.75, 3.05) is 13.1 Å². The van der Waals surface area contributed by atoms with Crippen LogP contribution >= 0.6 is 0 Å². The summed E-state index contributed by atoms with van der Waals surface area (Å²) in [5.41, 5.74) is -0.385. The fourth-order valence-electron chi connectivity index (χ4n) is 4.10. The molecule has 0 radical (unpaired) electrons. The number of hydrogen-bond donors (Lipinski definition) is 1. The molecular formula is C24H26F4N6O. The number of aryl methyl sites for hydroxylation is 1. The number of allylic oxidation sites excluding steroid dienone is 1. The topological polar surface area (TPSA) is 74.9 Å². The highest BCUT2D eigenvalue weighted by molar-refractivity contribution is 6.28. The van der Waals surface area contributed by atoms with Gasteiger partial charge in [-0.1, -0.05) is 19.1 Å². The highest BCUT2D eigenvalue weighted by Crippen LogP contribution is 2.34. The van der Waals surface area contributed by atoms with Crippen molar-refractivity contribution < 1.29 is 22.4 Å². The Morgan fingerprint density at radius 1 is 1.29 bits per heavy atom. The van der Waals surface area contributed by atoms with E-state index < -0.39 is 34.9 Å². The number of carbonyl (C=O) groups is 1. The first kappa shape index (κ1) is 24.6. The van der Waals surface area contributed by atoms with Crippen LogP contribution in [0.3, 0.4) is 0 Å². The number of nitrogens with zero attached hydrogens (tertiary/aromatic N) is 5. The minimum absolute atomic E-state index is 0.0671. The fraction of sp³-hybridized carbons (Fsp3) is 0.417. The summed E-state index contributed by atoms with van der Waals surface area (Å²) >= 11 is 0. The zero-order valence-electron chi connectivity index (χ0n) is 20.0. The van der Waals surface area contributed by atoms with Crippen molar-refractivity contribution in [2.24, 2.45) is 17.1 Å². The van der Waals surface area contributed by atoms with E-state index in [4.69, 9.17) is 0 Å². The summed E-state index contributed by atoms with van der Waals surface area (Å²) in [4.78, 5) is 22.2. The summed E-state index contributed by atoms with van der Waals surface area (Å²) in [5, 5.41) is 9.05. The molecule has 1 N–H and O–H groups in total. The zero-order valence-corrected chi connectivity index (χ0v) is 20.0. The van der Waals surface area contributed by atoms with Gasteiger partial charge in [0.05, 0.1) is 35.1 Å². The zero-order chi connectivity index (χ0) is 25.7. The standard InChI is InChI=1S/C24H26F4N6O/c1-13(15-7-6-8-17(20(15)25)24(26,27)28)10-30-22(35)16-9-18(19-11-29-14(2)33(19)5)32-34-12-23(3,4)31-21(16)34/h6-9,11,13H,10,12H2,1-5H3,(H,30,35)/t13-/m0/s1. The molecule has 0 aliphatic carbocycles. The predicted octanol–water partition coefficient (Wildman–Crippen LogP) is 3.94. The quantitative estimate of drug-likeness (QED) is 0.646. The molecule has 1 aromatic carbocycles. The molecule has 0 spiro atoms. The third-order valence-electron chi connectivity index (χ3n) is 6.10. The summed E-state index contributed by atoms with van der Waals surface area (Å²) < 4.78 is 55.7. The molecule has 4 rings (SSSR count). The van der Waals surface area contributed by atoms with Crippen molar-refractivity contribution >= 4 is 17.5 Å². The molecule has 1 amide bonds. The molecule has 0 bridgehead atoms. The molecular weight excluding hydrogens is 464 g/mol. The van der Waals surface area contributed by atoms with E-state index in [9.17, 15) is 22.4 Å². The number of fused-ring (bicyclic) bond motifs is 1. The lowest BCUT2D eigenvalue weighted by atomic mass is 9.97. The van der Waals surface area contributed by atoms with Gasteiger partial charge >= 0.3 is 6.18 Å². The lowest BCUT2D eigenvalue weighted by Crippen LogP contribution is -2.39. The van der Waals surface area contributed by atoms with E-state index in [1.54, 1.807) is 24.2 Å². The van der Waals surface area contributed by atoms with Crippen molar-refractivity contribution in [3.63, 3.8) is 0 Å². The second-order valence-electron chi connectivity index (χ2n) is 9.42. The summed E-state index contributed by atoms with van der Waals surface area (Å²) in [6.07, 6.45) is -1.51. The molecule has 0 saturated carbocycles. The average molecular weight is 491 g/mol. The van der Waals surface area contributed by atoms with Gasteiger partial charge in [-0.2, -0.15) is 18.3 Å². The Kier molecular flexibility index (Phi) is 6.06. The SMILES string of the molecule is Cc1ncc(C2=NN3CC(C)(C)N=C3C(C(=O)NC[C@H](C)c3cccc(C(F)(F)F)c3F)=C2)n1C. The van der Waals surface area contributed by atoms with E-state index >= 15 is 0 Å². The van der Waals surface area contributed by atoms with Crippen molar-refractivity contribution in [3.8, 4) is 0 Å². The molecule has 7 nitrogen and oxygen atoms in total. The Labute approximate surface area is 200 Å². The summed E-state index contributed by atoms with van der Waals surface area (Å²) in [5.74, 6) is -1.31. The molecule has 0 saturated heterocycles. The number of benzene rings is 1. The third-order valence-corrected chi connectivity index (χ3v) is 6.10. The number of hydrazone groups is 1. The molecule has 1 aromatic heterocycles.